The molecule has 0 aliphatic carbocycles. The fourth-order valence-electron chi connectivity index (χ4n) is 2.34. The molecule has 118 valence electrons. The quantitative estimate of drug-likeness (QED) is 0.700. The predicted molar refractivity (Wildman–Crippen MR) is 96.5 cm³/mol. The maximum Gasteiger partial charge on any atom is 0.259 e. The van der Waals surface area contributed by atoms with Crippen LogP contribution in [0.4, 0.5) is 0 Å². The zero-order chi connectivity index (χ0) is 17.1. The molecule has 1 heterocycles. The van der Waals surface area contributed by atoms with Gasteiger partial charge < -0.3 is 9.72 Å². The highest BCUT2D eigenvalue weighted by atomic mass is 79.9. The SMILES string of the molecule is COc1ccc(Br)cc1C=C(C#N)c1nc2ccccc2c(=O)[nH]1. The van der Waals surface area contributed by atoms with Crippen molar-refractivity contribution in [2.75, 3.05) is 7.11 Å². The summed E-state index contributed by atoms with van der Waals surface area (Å²) in [7, 11) is 1.56. The summed E-state index contributed by atoms with van der Waals surface area (Å²) < 4.78 is 6.16. The van der Waals surface area contributed by atoms with Crippen LogP contribution < -0.4 is 10.3 Å². The van der Waals surface area contributed by atoms with Gasteiger partial charge in [-0.2, -0.15) is 5.26 Å². The molecule has 2 aromatic carbocycles. The number of fused-ring (bicyclic) bond motifs is 1. The lowest BCUT2D eigenvalue weighted by atomic mass is 10.1. The number of hydrogen-bond donors (Lipinski definition) is 1. The van der Waals surface area contributed by atoms with Gasteiger partial charge in [0.1, 0.15) is 11.8 Å². The number of nitrogens with zero attached hydrogens (tertiary/aromatic N) is 2. The molecule has 3 rings (SSSR count). The Morgan fingerprint density at radius 3 is 2.88 bits per heavy atom. The van der Waals surface area contributed by atoms with Crippen LogP contribution in [0.25, 0.3) is 22.6 Å². The fourth-order valence-corrected chi connectivity index (χ4v) is 2.72. The molecule has 0 amide bonds. The summed E-state index contributed by atoms with van der Waals surface area (Å²) in [5, 5.41) is 9.99. The fraction of sp³-hybridized carbons (Fsp3) is 0.0556. The molecule has 0 radical (unpaired) electrons. The van der Waals surface area contributed by atoms with E-state index in [2.05, 4.69) is 32.0 Å². The second-order valence-corrected chi connectivity index (χ2v) is 5.90. The average molecular weight is 382 g/mol. The van der Waals surface area contributed by atoms with Crippen molar-refractivity contribution in [3.8, 4) is 11.8 Å². The lowest BCUT2D eigenvalue weighted by Gasteiger charge is -2.06. The van der Waals surface area contributed by atoms with Gasteiger partial charge in [0, 0.05) is 10.0 Å². The van der Waals surface area contributed by atoms with Gasteiger partial charge in [0.15, 0.2) is 5.82 Å². The summed E-state index contributed by atoms with van der Waals surface area (Å²) in [6, 6.07) is 14.6. The van der Waals surface area contributed by atoms with Crippen LogP contribution in [0.5, 0.6) is 5.75 Å². The van der Waals surface area contributed by atoms with Crippen LogP contribution in [0, 0.1) is 11.3 Å². The van der Waals surface area contributed by atoms with E-state index in [0.717, 1.165) is 4.47 Å². The topological polar surface area (TPSA) is 78.8 Å². The second kappa shape index (κ2) is 6.69. The van der Waals surface area contributed by atoms with Crippen LogP contribution >= 0.6 is 15.9 Å². The minimum Gasteiger partial charge on any atom is -0.496 e. The Morgan fingerprint density at radius 2 is 2.12 bits per heavy atom. The van der Waals surface area contributed by atoms with E-state index in [4.69, 9.17) is 4.74 Å². The first-order valence-electron chi connectivity index (χ1n) is 7.07. The van der Waals surface area contributed by atoms with Crippen LogP contribution in [0.1, 0.15) is 11.4 Å². The molecule has 0 bridgehead atoms. The van der Waals surface area contributed by atoms with E-state index in [0.29, 0.717) is 22.2 Å². The largest absolute Gasteiger partial charge is 0.496 e. The summed E-state index contributed by atoms with van der Waals surface area (Å²) in [5.41, 5.74) is 1.21. The molecule has 0 aliphatic heterocycles. The smallest absolute Gasteiger partial charge is 0.259 e. The maximum absolute atomic E-state index is 12.2. The van der Waals surface area contributed by atoms with Crippen LogP contribution in [-0.4, -0.2) is 17.1 Å². The van der Waals surface area contributed by atoms with E-state index in [1.54, 1.807) is 43.5 Å². The first-order chi connectivity index (χ1) is 11.6. The maximum atomic E-state index is 12.2. The number of methoxy groups -OCH3 is 1. The molecule has 3 aromatic rings. The second-order valence-electron chi connectivity index (χ2n) is 4.99. The summed E-state index contributed by atoms with van der Waals surface area (Å²) in [4.78, 5) is 19.2. The zero-order valence-corrected chi connectivity index (χ0v) is 14.3. The van der Waals surface area contributed by atoms with Crippen molar-refractivity contribution in [3.05, 3.63) is 68.7 Å². The van der Waals surface area contributed by atoms with Gasteiger partial charge in [0.2, 0.25) is 0 Å². The zero-order valence-electron chi connectivity index (χ0n) is 12.7. The van der Waals surface area contributed by atoms with Crippen LogP contribution in [-0.2, 0) is 0 Å². The summed E-state index contributed by atoms with van der Waals surface area (Å²) >= 11 is 3.40. The van der Waals surface area contributed by atoms with E-state index in [1.165, 1.54) is 0 Å². The number of H-pyrrole nitrogens is 1. The van der Waals surface area contributed by atoms with Crippen LogP contribution in [0.3, 0.4) is 0 Å². The van der Waals surface area contributed by atoms with E-state index >= 15 is 0 Å². The Bertz CT molecular complexity index is 1050. The van der Waals surface area contributed by atoms with Crippen molar-refractivity contribution in [3.63, 3.8) is 0 Å². The lowest BCUT2D eigenvalue weighted by molar-refractivity contribution is 0.414. The van der Waals surface area contributed by atoms with E-state index in [9.17, 15) is 10.1 Å². The number of para-hydroxylation sites is 1. The number of halogens is 1. The highest BCUT2D eigenvalue weighted by Gasteiger charge is 2.10. The number of aromatic amines is 1. The summed E-state index contributed by atoms with van der Waals surface area (Å²) in [6.07, 6.45) is 1.64. The van der Waals surface area contributed by atoms with Gasteiger partial charge in [0.25, 0.3) is 5.56 Å². The molecule has 6 heteroatoms. The molecule has 1 aromatic heterocycles. The molecular formula is C18H12BrN3O2. The van der Waals surface area contributed by atoms with Gasteiger partial charge in [-0.25, -0.2) is 4.98 Å². The number of rotatable bonds is 3. The molecule has 0 unspecified atom stereocenters. The van der Waals surface area contributed by atoms with Gasteiger partial charge >= 0.3 is 0 Å². The first-order valence-corrected chi connectivity index (χ1v) is 7.86. The first kappa shape index (κ1) is 16.0. The Balaban J connectivity index is 2.18. The van der Waals surface area contributed by atoms with Crippen molar-refractivity contribution >= 4 is 38.5 Å². The average Bonchev–Trinajstić information content (AvgIpc) is 2.59. The van der Waals surface area contributed by atoms with Gasteiger partial charge in [-0.3, -0.25) is 4.79 Å². The van der Waals surface area contributed by atoms with Crippen molar-refractivity contribution in [1.82, 2.24) is 9.97 Å². The minimum atomic E-state index is -0.280. The molecule has 0 spiro atoms. The van der Waals surface area contributed by atoms with E-state index in [1.807, 2.05) is 12.1 Å². The Hall–Kier alpha value is -2.91. The molecule has 0 saturated carbocycles. The van der Waals surface area contributed by atoms with Gasteiger partial charge in [0.05, 0.1) is 23.6 Å². The molecule has 0 aliphatic rings. The van der Waals surface area contributed by atoms with E-state index in [-0.39, 0.29) is 17.0 Å². The number of aromatic nitrogens is 2. The van der Waals surface area contributed by atoms with Crippen LogP contribution in [0.15, 0.2) is 51.7 Å². The predicted octanol–water partition coefficient (Wildman–Crippen LogP) is 3.76. The number of allylic oxidation sites excluding steroid dienone is 1. The molecule has 0 fully saturated rings. The lowest BCUT2D eigenvalue weighted by Crippen LogP contribution is -2.11. The van der Waals surface area contributed by atoms with Crippen molar-refractivity contribution in [2.24, 2.45) is 0 Å². The number of nitrogens with one attached hydrogen (secondary N) is 1. The van der Waals surface area contributed by atoms with Gasteiger partial charge in [-0.15, -0.1) is 0 Å². The molecular weight excluding hydrogens is 370 g/mol. The number of benzene rings is 2. The summed E-state index contributed by atoms with van der Waals surface area (Å²) in [6.45, 7) is 0. The minimum absolute atomic E-state index is 0.225. The van der Waals surface area contributed by atoms with Crippen LogP contribution in [0.2, 0.25) is 0 Å². The summed E-state index contributed by atoms with van der Waals surface area (Å²) in [5.74, 6) is 0.845. The van der Waals surface area contributed by atoms with Gasteiger partial charge in [-0.05, 0) is 36.4 Å². The molecule has 5 nitrogen and oxygen atoms in total. The molecule has 24 heavy (non-hydrogen) atoms. The normalized spacial score (nSPS) is 11.3. The monoisotopic (exact) mass is 381 g/mol. The van der Waals surface area contributed by atoms with Gasteiger partial charge in [-0.1, -0.05) is 28.1 Å². The third-order valence-corrected chi connectivity index (χ3v) is 3.97. The highest BCUT2D eigenvalue weighted by Crippen LogP contribution is 2.26. The Kier molecular flexibility index (Phi) is 4.45. The van der Waals surface area contributed by atoms with E-state index < -0.39 is 0 Å². The Labute approximate surface area is 146 Å². The van der Waals surface area contributed by atoms with Crippen molar-refractivity contribution in [2.45, 2.75) is 0 Å². The molecule has 0 atom stereocenters. The standard InChI is InChI=1S/C18H12BrN3O2/c1-24-16-7-6-13(19)9-11(16)8-12(10-20)17-21-15-5-3-2-4-14(15)18(23)22-17/h2-9H,1H3,(H,21,22,23). The highest BCUT2D eigenvalue weighted by molar-refractivity contribution is 9.10. The van der Waals surface area contributed by atoms with Crippen molar-refractivity contribution < 1.29 is 4.74 Å². The number of nitriles is 1. The third-order valence-electron chi connectivity index (χ3n) is 3.48. The number of ether oxygens (including phenoxy) is 1. The Morgan fingerprint density at radius 1 is 1.33 bits per heavy atom. The molecule has 1 N–H and O–H groups in total. The van der Waals surface area contributed by atoms with Crippen molar-refractivity contribution in [1.29, 1.82) is 5.26 Å². The number of hydrogen-bond acceptors (Lipinski definition) is 4. The molecule has 0 saturated heterocycles. The third kappa shape index (κ3) is 3.07.